The van der Waals surface area contributed by atoms with Crippen LogP contribution in [0.5, 0.6) is 0 Å². The van der Waals surface area contributed by atoms with Crippen LogP contribution in [0.2, 0.25) is 0 Å². The summed E-state index contributed by atoms with van der Waals surface area (Å²) >= 11 is 0. The molecule has 98 valence electrons. The number of nitrogens with one attached hydrogen (secondary N) is 2. The Bertz CT molecular complexity index is 383. The van der Waals surface area contributed by atoms with Crippen LogP contribution >= 0.6 is 0 Å². The molecule has 4 nitrogen and oxygen atoms in total. The average Bonchev–Trinajstić information content (AvgIpc) is 2.40. The number of aromatic nitrogens is 1. The minimum atomic E-state index is -0.0167. The van der Waals surface area contributed by atoms with Gasteiger partial charge in [0.05, 0.1) is 6.54 Å². The molecule has 0 unspecified atom stereocenters. The van der Waals surface area contributed by atoms with Crippen molar-refractivity contribution < 1.29 is 4.79 Å². The molecule has 18 heavy (non-hydrogen) atoms. The van der Waals surface area contributed by atoms with Crippen molar-refractivity contribution in [2.45, 2.75) is 45.1 Å². The molecule has 0 radical (unpaired) electrons. The number of nitrogens with zero attached hydrogens (tertiary/aromatic N) is 1. The van der Waals surface area contributed by atoms with Crippen molar-refractivity contribution in [2.24, 2.45) is 0 Å². The third-order valence-electron chi connectivity index (χ3n) is 3.34. The molecule has 1 amide bonds. The zero-order chi connectivity index (χ0) is 12.8. The van der Waals surface area contributed by atoms with Crippen LogP contribution in [0, 0.1) is 6.92 Å². The van der Waals surface area contributed by atoms with E-state index in [-0.39, 0.29) is 5.91 Å². The molecular formula is C14H21N3O. The van der Waals surface area contributed by atoms with Gasteiger partial charge in [0.25, 0.3) is 0 Å². The second kappa shape index (κ2) is 6.50. The SMILES string of the molecule is Cc1ccc(NC(=O)CNC2CCCCC2)nc1. The van der Waals surface area contributed by atoms with Gasteiger partial charge in [0.2, 0.25) is 5.91 Å². The predicted octanol–water partition coefficient (Wildman–Crippen LogP) is 2.25. The molecule has 2 N–H and O–H groups in total. The Balaban J connectivity index is 1.73. The van der Waals surface area contributed by atoms with Crippen LogP contribution < -0.4 is 10.6 Å². The van der Waals surface area contributed by atoms with E-state index in [1.165, 1.54) is 32.1 Å². The topological polar surface area (TPSA) is 54.0 Å². The average molecular weight is 247 g/mol. The van der Waals surface area contributed by atoms with Crippen LogP contribution in [0.15, 0.2) is 18.3 Å². The normalized spacial score (nSPS) is 16.5. The van der Waals surface area contributed by atoms with E-state index in [2.05, 4.69) is 15.6 Å². The summed E-state index contributed by atoms with van der Waals surface area (Å²) in [5.41, 5.74) is 1.09. The lowest BCUT2D eigenvalue weighted by Gasteiger charge is -2.22. The number of pyridine rings is 1. The highest BCUT2D eigenvalue weighted by atomic mass is 16.1. The molecule has 0 spiro atoms. The lowest BCUT2D eigenvalue weighted by Crippen LogP contribution is -2.37. The number of anilines is 1. The number of aryl methyl sites for hydroxylation is 1. The Hall–Kier alpha value is -1.42. The lowest BCUT2D eigenvalue weighted by atomic mass is 9.95. The fraction of sp³-hybridized carbons (Fsp3) is 0.571. The summed E-state index contributed by atoms with van der Waals surface area (Å²) in [5.74, 6) is 0.605. The van der Waals surface area contributed by atoms with Crippen LogP contribution in [0.3, 0.4) is 0 Å². The molecule has 1 aliphatic rings. The second-order valence-electron chi connectivity index (χ2n) is 4.98. The number of carbonyl (C=O) groups excluding carboxylic acids is 1. The molecule has 1 aliphatic carbocycles. The molecule has 1 heterocycles. The van der Waals surface area contributed by atoms with Crippen LogP contribution in [0.25, 0.3) is 0 Å². The highest BCUT2D eigenvalue weighted by Gasteiger charge is 2.13. The smallest absolute Gasteiger partial charge is 0.239 e. The van der Waals surface area contributed by atoms with E-state index in [9.17, 15) is 4.79 Å². The summed E-state index contributed by atoms with van der Waals surface area (Å²) in [6, 6.07) is 4.28. The Kier molecular flexibility index (Phi) is 4.70. The molecule has 2 rings (SSSR count). The van der Waals surface area contributed by atoms with E-state index in [0.717, 1.165) is 5.56 Å². The first-order valence-corrected chi connectivity index (χ1v) is 6.70. The summed E-state index contributed by atoms with van der Waals surface area (Å²) in [7, 11) is 0. The summed E-state index contributed by atoms with van der Waals surface area (Å²) in [6.07, 6.45) is 8.02. The van der Waals surface area contributed by atoms with E-state index in [1.54, 1.807) is 6.20 Å². The highest BCUT2D eigenvalue weighted by molar-refractivity contribution is 5.91. The van der Waals surface area contributed by atoms with Crippen LogP contribution in [0.1, 0.15) is 37.7 Å². The number of hydrogen-bond acceptors (Lipinski definition) is 3. The first-order valence-electron chi connectivity index (χ1n) is 6.70. The summed E-state index contributed by atoms with van der Waals surface area (Å²) in [5, 5.41) is 6.11. The number of hydrogen-bond donors (Lipinski definition) is 2. The van der Waals surface area contributed by atoms with Crippen molar-refractivity contribution in [1.82, 2.24) is 10.3 Å². The monoisotopic (exact) mass is 247 g/mol. The summed E-state index contributed by atoms with van der Waals surface area (Å²) in [6.45, 7) is 2.35. The Morgan fingerprint density at radius 1 is 1.33 bits per heavy atom. The van der Waals surface area contributed by atoms with Gasteiger partial charge < -0.3 is 10.6 Å². The van der Waals surface area contributed by atoms with Gasteiger partial charge in [0.15, 0.2) is 0 Å². The third kappa shape index (κ3) is 4.11. The minimum absolute atomic E-state index is 0.0167. The Morgan fingerprint density at radius 2 is 2.11 bits per heavy atom. The van der Waals surface area contributed by atoms with E-state index >= 15 is 0 Å². The molecule has 1 saturated carbocycles. The van der Waals surface area contributed by atoms with Crippen molar-refractivity contribution in [1.29, 1.82) is 0 Å². The van der Waals surface area contributed by atoms with Gasteiger partial charge in [-0.1, -0.05) is 25.3 Å². The molecule has 1 aromatic rings. The highest BCUT2D eigenvalue weighted by Crippen LogP contribution is 2.17. The molecule has 0 atom stereocenters. The van der Waals surface area contributed by atoms with Gasteiger partial charge in [0, 0.05) is 12.2 Å². The van der Waals surface area contributed by atoms with Gasteiger partial charge in [-0.15, -0.1) is 0 Å². The van der Waals surface area contributed by atoms with Crippen LogP contribution in [-0.4, -0.2) is 23.5 Å². The van der Waals surface area contributed by atoms with Crippen LogP contribution in [0.4, 0.5) is 5.82 Å². The quantitative estimate of drug-likeness (QED) is 0.858. The maximum absolute atomic E-state index is 11.7. The Morgan fingerprint density at radius 3 is 2.78 bits per heavy atom. The van der Waals surface area contributed by atoms with E-state index < -0.39 is 0 Å². The van der Waals surface area contributed by atoms with E-state index in [1.807, 2.05) is 19.1 Å². The lowest BCUT2D eigenvalue weighted by molar-refractivity contribution is -0.115. The maximum Gasteiger partial charge on any atom is 0.239 e. The maximum atomic E-state index is 11.7. The molecule has 0 bridgehead atoms. The van der Waals surface area contributed by atoms with Gasteiger partial charge in [-0.3, -0.25) is 4.79 Å². The van der Waals surface area contributed by atoms with E-state index in [0.29, 0.717) is 18.4 Å². The van der Waals surface area contributed by atoms with E-state index in [4.69, 9.17) is 0 Å². The number of rotatable bonds is 4. The predicted molar refractivity (Wildman–Crippen MR) is 72.5 cm³/mol. The van der Waals surface area contributed by atoms with Gasteiger partial charge in [-0.2, -0.15) is 0 Å². The van der Waals surface area contributed by atoms with Crippen molar-refractivity contribution in [3.8, 4) is 0 Å². The molecular weight excluding hydrogens is 226 g/mol. The molecule has 4 heteroatoms. The second-order valence-corrected chi connectivity index (χ2v) is 4.98. The standard InChI is InChI=1S/C14H21N3O/c1-11-7-8-13(16-9-11)17-14(18)10-15-12-5-3-2-4-6-12/h7-9,12,15H,2-6,10H2,1H3,(H,16,17,18). The summed E-state index contributed by atoms with van der Waals surface area (Å²) in [4.78, 5) is 15.9. The molecule has 0 aromatic carbocycles. The number of amides is 1. The van der Waals surface area contributed by atoms with Crippen molar-refractivity contribution in [3.63, 3.8) is 0 Å². The van der Waals surface area contributed by atoms with Gasteiger partial charge in [0.1, 0.15) is 5.82 Å². The zero-order valence-corrected chi connectivity index (χ0v) is 10.9. The molecule has 0 aliphatic heterocycles. The van der Waals surface area contributed by atoms with Crippen LogP contribution in [-0.2, 0) is 4.79 Å². The van der Waals surface area contributed by atoms with Gasteiger partial charge >= 0.3 is 0 Å². The van der Waals surface area contributed by atoms with Crippen molar-refractivity contribution in [3.05, 3.63) is 23.9 Å². The largest absolute Gasteiger partial charge is 0.310 e. The Labute approximate surface area is 108 Å². The van der Waals surface area contributed by atoms with Crippen molar-refractivity contribution >= 4 is 11.7 Å². The third-order valence-corrected chi connectivity index (χ3v) is 3.34. The molecule has 1 aromatic heterocycles. The summed E-state index contributed by atoms with van der Waals surface area (Å²) < 4.78 is 0. The first-order chi connectivity index (χ1) is 8.74. The first kappa shape index (κ1) is 13.0. The molecule has 0 saturated heterocycles. The minimum Gasteiger partial charge on any atom is -0.310 e. The zero-order valence-electron chi connectivity index (χ0n) is 10.9. The van der Waals surface area contributed by atoms with Gasteiger partial charge in [-0.05, 0) is 31.4 Å². The van der Waals surface area contributed by atoms with Crippen molar-refractivity contribution in [2.75, 3.05) is 11.9 Å². The fourth-order valence-corrected chi connectivity index (χ4v) is 2.27. The number of carbonyl (C=O) groups is 1. The molecule has 1 fully saturated rings. The van der Waals surface area contributed by atoms with Gasteiger partial charge in [-0.25, -0.2) is 4.98 Å². The fourth-order valence-electron chi connectivity index (χ4n) is 2.27.